The third-order valence-electron chi connectivity index (χ3n) is 2.17. The van der Waals surface area contributed by atoms with Gasteiger partial charge in [0.25, 0.3) is 0 Å². The molecule has 0 aromatic heterocycles. The van der Waals surface area contributed by atoms with Crippen LogP contribution in [0.4, 0.5) is 4.39 Å². The second kappa shape index (κ2) is 8.28. The van der Waals surface area contributed by atoms with Crippen molar-refractivity contribution in [2.24, 2.45) is 10.7 Å². The van der Waals surface area contributed by atoms with E-state index in [0.717, 1.165) is 0 Å². The Bertz CT molecular complexity index is 429. The van der Waals surface area contributed by atoms with Crippen LogP contribution in [0, 0.1) is 5.82 Å². The zero-order chi connectivity index (χ0) is 14.5. The summed E-state index contributed by atoms with van der Waals surface area (Å²) in [6.07, 6.45) is -0.134. The molecule has 20 heavy (non-hydrogen) atoms. The fraction of sp³-hybridized carbons (Fsp3) is 0.500. The average molecular weight is 395 g/mol. The first-order valence-corrected chi connectivity index (χ1v) is 6.26. The number of guanidine groups is 1. The topological polar surface area (TPSA) is 59.6 Å². The zero-order valence-corrected chi connectivity index (χ0v) is 14.6. The molecule has 1 rings (SSSR count). The number of nitrogens with zero attached hydrogens (tertiary/aromatic N) is 1. The Labute approximate surface area is 137 Å². The van der Waals surface area contributed by atoms with Crippen LogP contribution >= 0.6 is 24.0 Å². The van der Waals surface area contributed by atoms with E-state index in [-0.39, 0.29) is 41.4 Å². The van der Waals surface area contributed by atoms with Gasteiger partial charge in [-0.05, 0) is 52.0 Å². The molecule has 0 saturated carbocycles. The maximum absolute atomic E-state index is 12.7. The van der Waals surface area contributed by atoms with Crippen molar-refractivity contribution in [3.05, 3.63) is 30.1 Å². The van der Waals surface area contributed by atoms with Crippen molar-refractivity contribution in [1.82, 2.24) is 5.32 Å². The quantitative estimate of drug-likeness (QED) is 0.468. The van der Waals surface area contributed by atoms with Crippen molar-refractivity contribution in [3.8, 4) is 5.75 Å². The molecule has 0 bridgehead atoms. The Morgan fingerprint density at radius 3 is 2.40 bits per heavy atom. The van der Waals surface area contributed by atoms with Gasteiger partial charge in [0.1, 0.15) is 17.7 Å². The summed E-state index contributed by atoms with van der Waals surface area (Å²) < 4.78 is 18.3. The molecule has 0 amide bonds. The van der Waals surface area contributed by atoms with Crippen molar-refractivity contribution in [3.63, 3.8) is 0 Å². The first-order chi connectivity index (χ1) is 8.76. The van der Waals surface area contributed by atoms with E-state index in [4.69, 9.17) is 10.5 Å². The Kier molecular flexibility index (Phi) is 7.85. The third kappa shape index (κ3) is 8.19. The van der Waals surface area contributed by atoms with E-state index in [2.05, 4.69) is 10.3 Å². The van der Waals surface area contributed by atoms with Crippen LogP contribution in [0.15, 0.2) is 29.3 Å². The standard InChI is InChI=1S/C14H22FN3O.HI/c1-10(9-17-13(16)18-14(2,3)4)19-12-7-5-11(15)6-8-12;/h5-8,10H,9H2,1-4H3,(H3,16,17,18);1H. The molecule has 1 atom stereocenters. The highest BCUT2D eigenvalue weighted by atomic mass is 127. The van der Waals surface area contributed by atoms with Gasteiger partial charge in [-0.1, -0.05) is 0 Å². The lowest BCUT2D eigenvalue weighted by atomic mass is 10.1. The van der Waals surface area contributed by atoms with E-state index in [1.807, 2.05) is 27.7 Å². The summed E-state index contributed by atoms with van der Waals surface area (Å²) in [5.41, 5.74) is 5.64. The second-order valence-electron chi connectivity index (χ2n) is 5.48. The molecule has 0 fully saturated rings. The summed E-state index contributed by atoms with van der Waals surface area (Å²) in [4.78, 5) is 4.21. The lowest BCUT2D eigenvalue weighted by Crippen LogP contribution is -2.45. The summed E-state index contributed by atoms with van der Waals surface area (Å²) in [5.74, 6) is 0.727. The number of aliphatic imine (C=N–C) groups is 1. The van der Waals surface area contributed by atoms with Gasteiger partial charge in [0, 0.05) is 5.54 Å². The van der Waals surface area contributed by atoms with Gasteiger partial charge < -0.3 is 15.8 Å². The molecule has 3 N–H and O–H groups in total. The minimum absolute atomic E-state index is 0. The third-order valence-corrected chi connectivity index (χ3v) is 2.17. The largest absolute Gasteiger partial charge is 0.489 e. The molecule has 0 aliphatic heterocycles. The molecule has 0 saturated heterocycles. The highest BCUT2D eigenvalue weighted by Crippen LogP contribution is 2.13. The monoisotopic (exact) mass is 395 g/mol. The van der Waals surface area contributed by atoms with Crippen molar-refractivity contribution in [2.45, 2.75) is 39.3 Å². The number of nitrogens with two attached hydrogens (primary N) is 1. The van der Waals surface area contributed by atoms with Gasteiger partial charge in [0.05, 0.1) is 6.54 Å². The van der Waals surface area contributed by atoms with Crippen LogP contribution in [-0.4, -0.2) is 24.1 Å². The van der Waals surface area contributed by atoms with Crippen LogP contribution < -0.4 is 15.8 Å². The van der Waals surface area contributed by atoms with Crippen LogP contribution in [-0.2, 0) is 0 Å². The number of nitrogens with one attached hydrogen (secondary N) is 1. The molecule has 1 aromatic carbocycles. The number of ether oxygens (including phenoxy) is 1. The van der Waals surface area contributed by atoms with E-state index in [0.29, 0.717) is 18.3 Å². The Hall–Kier alpha value is -1.05. The summed E-state index contributed by atoms with van der Waals surface area (Å²) in [7, 11) is 0. The van der Waals surface area contributed by atoms with Gasteiger partial charge in [-0.15, -0.1) is 24.0 Å². The smallest absolute Gasteiger partial charge is 0.189 e. The van der Waals surface area contributed by atoms with Gasteiger partial charge >= 0.3 is 0 Å². The first-order valence-electron chi connectivity index (χ1n) is 6.26. The maximum Gasteiger partial charge on any atom is 0.189 e. The predicted molar refractivity (Wildman–Crippen MR) is 91.3 cm³/mol. The Balaban J connectivity index is 0.00000361. The average Bonchev–Trinajstić information content (AvgIpc) is 2.27. The van der Waals surface area contributed by atoms with Crippen molar-refractivity contribution >= 4 is 29.9 Å². The normalized spacial score (nSPS) is 13.3. The lowest BCUT2D eigenvalue weighted by Gasteiger charge is -2.21. The Morgan fingerprint density at radius 1 is 1.35 bits per heavy atom. The van der Waals surface area contributed by atoms with E-state index in [9.17, 15) is 4.39 Å². The van der Waals surface area contributed by atoms with E-state index >= 15 is 0 Å². The molecule has 0 heterocycles. The number of rotatable bonds is 4. The van der Waals surface area contributed by atoms with Crippen LogP contribution in [0.1, 0.15) is 27.7 Å². The molecule has 114 valence electrons. The number of halogens is 2. The maximum atomic E-state index is 12.7. The predicted octanol–water partition coefficient (Wildman–Crippen LogP) is 2.91. The molecule has 6 heteroatoms. The summed E-state index contributed by atoms with van der Waals surface area (Å²) >= 11 is 0. The van der Waals surface area contributed by atoms with Crippen LogP contribution in [0.5, 0.6) is 5.75 Å². The van der Waals surface area contributed by atoms with Crippen LogP contribution in [0.25, 0.3) is 0 Å². The molecular formula is C14H23FIN3O. The number of hydrogen-bond donors (Lipinski definition) is 2. The van der Waals surface area contributed by atoms with Crippen molar-refractivity contribution in [1.29, 1.82) is 0 Å². The summed E-state index contributed by atoms with van der Waals surface area (Å²) in [6, 6.07) is 5.90. The molecular weight excluding hydrogens is 372 g/mol. The highest BCUT2D eigenvalue weighted by molar-refractivity contribution is 14.0. The van der Waals surface area contributed by atoms with Gasteiger partial charge in [-0.3, -0.25) is 0 Å². The van der Waals surface area contributed by atoms with Gasteiger partial charge in [0.2, 0.25) is 0 Å². The lowest BCUT2D eigenvalue weighted by molar-refractivity contribution is 0.230. The Morgan fingerprint density at radius 2 is 1.90 bits per heavy atom. The van der Waals surface area contributed by atoms with Gasteiger partial charge in [-0.2, -0.15) is 0 Å². The number of benzene rings is 1. The molecule has 0 aliphatic carbocycles. The molecule has 0 radical (unpaired) electrons. The highest BCUT2D eigenvalue weighted by Gasteiger charge is 2.10. The first kappa shape index (κ1) is 18.9. The molecule has 4 nitrogen and oxygen atoms in total. The van der Waals surface area contributed by atoms with Crippen molar-refractivity contribution < 1.29 is 9.13 Å². The number of hydrogen-bond acceptors (Lipinski definition) is 2. The second-order valence-corrected chi connectivity index (χ2v) is 5.48. The van der Waals surface area contributed by atoms with E-state index < -0.39 is 0 Å². The molecule has 0 aliphatic rings. The van der Waals surface area contributed by atoms with Crippen molar-refractivity contribution in [2.75, 3.05) is 6.54 Å². The van der Waals surface area contributed by atoms with E-state index in [1.165, 1.54) is 12.1 Å². The fourth-order valence-corrected chi connectivity index (χ4v) is 1.43. The van der Waals surface area contributed by atoms with Crippen LogP contribution in [0.2, 0.25) is 0 Å². The van der Waals surface area contributed by atoms with Crippen LogP contribution in [0.3, 0.4) is 0 Å². The minimum atomic E-state index is -0.281. The van der Waals surface area contributed by atoms with E-state index in [1.54, 1.807) is 12.1 Å². The SMILES string of the molecule is CC(CN=C(N)NC(C)(C)C)Oc1ccc(F)cc1.I. The molecule has 1 aromatic rings. The van der Waals surface area contributed by atoms with Gasteiger partial charge in [0.15, 0.2) is 5.96 Å². The summed E-state index contributed by atoms with van der Waals surface area (Å²) in [6.45, 7) is 8.35. The molecule has 0 spiro atoms. The zero-order valence-electron chi connectivity index (χ0n) is 12.3. The van der Waals surface area contributed by atoms with Gasteiger partial charge in [-0.25, -0.2) is 9.38 Å². The summed E-state index contributed by atoms with van der Waals surface area (Å²) in [5, 5.41) is 3.07. The fourth-order valence-electron chi connectivity index (χ4n) is 1.43. The molecule has 1 unspecified atom stereocenters. The minimum Gasteiger partial charge on any atom is -0.489 e.